The largest absolute Gasteiger partial charge is 0.383 e. The Morgan fingerprint density at radius 3 is 3.09 bits per heavy atom. The maximum atomic E-state index is 12.4. The van der Waals surface area contributed by atoms with E-state index in [0.717, 1.165) is 24.0 Å². The van der Waals surface area contributed by atoms with E-state index in [1.807, 2.05) is 0 Å². The Morgan fingerprint density at radius 1 is 1.39 bits per heavy atom. The molecule has 0 bridgehead atoms. The second kappa shape index (κ2) is 6.66. The average molecular weight is 315 g/mol. The van der Waals surface area contributed by atoms with E-state index in [9.17, 15) is 9.59 Å². The zero-order chi connectivity index (χ0) is 16.2. The Hall–Kier alpha value is -2.61. The smallest absolute Gasteiger partial charge is 0.258 e. The highest BCUT2D eigenvalue weighted by molar-refractivity contribution is 6.05. The third-order valence-electron chi connectivity index (χ3n) is 3.78. The molecule has 0 fully saturated rings. The molecule has 1 heterocycles. The quantitative estimate of drug-likeness (QED) is 0.886. The number of hydrogen-bond acceptors (Lipinski definition) is 6. The number of aromatic nitrogens is 4. The minimum atomic E-state index is -0.306. The third-order valence-corrected chi connectivity index (χ3v) is 3.78. The highest BCUT2D eigenvalue weighted by Gasteiger charge is 2.19. The Bertz CT molecular complexity index is 740. The molecule has 1 aromatic heterocycles. The van der Waals surface area contributed by atoms with E-state index >= 15 is 0 Å². The SMILES string of the molecule is COCCn1nnnc1NC(=O)c1ccc2c(c1)CCCC2=O. The highest BCUT2D eigenvalue weighted by atomic mass is 16.5. The van der Waals surface area contributed by atoms with Crippen molar-refractivity contribution in [3.63, 3.8) is 0 Å². The van der Waals surface area contributed by atoms with Crippen LogP contribution in [0.1, 0.15) is 39.1 Å². The lowest BCUT2D eigenvalue weighted by molar-refractivity contribution is 0.0969. The van der Waals surface area contributed by atoms with Crippen molar-refractivity contribution >= 4 is 17.6 Å². The molecule has 0 unspecified atom stereocenters. The van der Waals surface area contributed by atoms with Crippen molar-refractivity contribution in [3.8, 4) is 0 Å². The van der Waals surface area contributed by atoms with Gasteiger partial charge < -0.3 is 4.74 Å². The number of methoxy groups -OCH3 is 1. The van der Waals surface area contributed by atoms with E-state index in [-0.39, 0.29) is 17.6 Å². The molecule has 0 saturated carbocycles. The summed E-state index contributed by atoms with van der Waals surface area (Å²) in [6.07, 6.45) is 2.22. The Kier molecular flexibility index (Phi) is 4.42. The zero-order valence-electron chi connectivity index (χ0n) is 12.8. The first-order valence-electron chi connectivity index (χ1n) is 7.41. The molecule has 0 aliphatic heterocycles. The number of anilines is 1. The Morgan fingerprint density at radius 2 is 2.26 bits per heavy atom. The fourth-order valence-electron chi connectivity index (χ4n) is 2.58. The lowest BCUT2D eigenvalue weighted by Crippen LogP contribution is -2.19. The number of ketones is 1. The topological polar surface area (TPSA) is 99.0 Å². The summed E-state index contributed by atoms with van der Waals surface area (Å²) in [4.78, 5) is 24.2. The predicted octanol–water partition coefficient (Wildman–Crippen LogP) is 1.09. The molecule has 8 heteroatoms. The van der Waals surface area contributed by atoms with Crippen LogP contribution in [0.3, 0.4) is 0 Å². The van der Waals surface area contributed by atoms with Crippen molar-refractivity contribution < 1.29 is 14.3 Å². The maximum Gasteiger partial charge on any atom is 0.258 e. The summed E-state index contributed by atoms with van der Waals surface area (Å²) < 4.78 is 6.43. The van der Waals surface area contributed by atoms with Gasteiger partial charge in [-0.3, -0.25) is 14.9 Å². The molecule has 0 spiro atoms. The van der Waals surface area contributed by atoms with Gasteiger partial charge in [-0.25, -0.2) is 4.68 Å². The van der Waals surface area contributed by atoms with Gasteiger partial charge in [0.25, 0.3) is 5.91 Å². The van der Waals surface area contributed by atoms with Gasteiger partial charge in [0.05, 0.1) is 13.2 Å². The fraction of sp³-hybridized carbons (Fsp3) is 0.400. The van der Waals surface area contributed by atoms with Crippen LogP contribution in [0.2, 0.25) is 0 Å². The number of amides is 1. The molecule has 0 saturated heterocycles. The number of nitrogens with one attached hydrogen (secondary N) is 1. The van der Waals surface area contributed by atoms with Gasteiger partial charge in [0.15, 0.2) is 5.78 Å². The summed E-state index contributed by atoms with van der Waals surface area (Å²) in [7, 11) is 1.58. The predicted molar refractivity (Wildman–Crippen MR) is 81.4 cm³/mol. The first-order chi connectivity index (χ1) is 11.2. The number of ether oxygens (including phenoxy) is 1. The molecule has 1 amide bonds. The normalized spacial score (nSPS) is 13.7. The van der Waals surface area contributed by atoms with Crippen molar-refractivity contribution in [2.24, 2.45) is 0 Å². The van der Waals surface area contributed by atoms with Crippen LogP contribution in [0.15, 0.2) is 18.2 Å². The summed E-state index contributed by atoms with van der Waals surface area (Å²) in [5.41, 5.74) is 2.13. The second-order valence-corrected chi connectivity index (χ2v) is 5.32. The van der Waals surface area contributed by atoms with E-state index in [1.165, 1.54) is 4.68 Å². The summed E-state index contributed by atoms with van der Waals surface area (Å²) in [5.74, 6) is 0.0989. The van der Waals surface area contributed by atoms with Crippen LogP contribution < -0.4 is 5.32 Å². The van der Waals surface area contributed by atoms with Crippen LogP contribution >= 0.6 is 0 Å². The number of tetrazole rings is 1. The molecule has 1 aliphatic rings. The van der Waals surface area contributed by atoms with Crippen molar-refractivity contribution in [2.75, 3.05) is 19.0 Å². The van der Waals surface area contributed by atoms with Crippen molar-refractivity contribution in [1.82, 2.24) is 20.2 Å². The molecule has 1 N–H and O–H groups in total. The molecule has 0 atom stereocenters. The van der Waals surface area contributed by atoms with Gasteiger partial charge in [-0.15, -0.1) is 0 Å². The summed E-state index contributed by atoms with van der Waals surface area (Å²) >= 11 is 0. The lowest BCUT2D eigenvalue weighted by atomic mass is 9.89. The zero-order valence-corrected chi connectivity index (χ0v) is 12.8. The van der Waals surface area contributed by atoms with E-state index < -0.39 is 0 Å². The average Bonchev–Trinajstić information content (AvgIpc) is 3.00. The van der Waals surface area contributed by atoms with Gasteiger partial charge in [0, 0.05) is 24.7 Å². The highest BCUT2D eigenvalue weighted by Crippen LogP contribution is 2.22. The van der Waals surface area contributed by atoms with Gasteiger partial charge in [0.2, 0.25) is 5.95 Å². The standard InChI is InChI=1S/C15H17N5O3/c1-23-8-7-20-15(17-18-19-20)16-14(22)11-5-6-12-10(9-11)3-2-4-13(12)21/h5-6,9H,2-4,7-8H2,1H3,(H,16,17,19,22). The van der Waals surface area contributed by atoms with E-state index in [1.54, 1.807) is 25.3 Å². The number of aryl methyl sites for hydroxylation is 1. The van der Waals surface area contributed by atoms with Crippen LogP contribution in [-0.4, -0.2) is 45.6 Å². The van der Waals surface area contributed by atoms with Crippen molar-refractivity contribution in [2.45, 2.75) is 25.8 Å². The van der Waals surface area contributed by atoms with Gasteiger partial charge in [0.1, 0.15) is 0 Å². The van der Waals surface area contributed by atoms with Gasteiger partial charge >= 0.3 is 0 Å². The molecule has 8 nitrogen and oxygen atoms in total. The minimum absolute atomic E-state index is 0.140. The van der Waals surface area contributed by atoms with E-state index in [2.05, 4.69) is 20.8 Å². The molecule has 1 aliphatic carbocycles. The second-order valence-electron chi connectivity index (χ2n) is 5.32. The van der Waals surface area contributed by atoms with Crippen LogP contribution in [0.4, 0.5) is 5.95 Å². The monoisotopic (exact) mass is 315 g/mol. The summed E-state index contributed by atoms with van der Waals surface area (Å²) in [6.45, 7) is 0.882. The first-order valence-corrected chi connectivity index (χ1v) is 7.41. The summed E-state index contributed by atoms with van der Waals surface area (Å²) in [5, 5.41) is 13.8. The number of benzene rings is 1. The van der Waals surface area contributed by atoms with Gasteiger partial charge in [-0.2, -0.15) is 0 Å². The first kappa shape index (κ1) is 15.3. The van der Waals surface area contributed by atoms with E-state index in [0.29, 0.717) is 25.1 Å². The number of carbonyl (C=O) groups excluding carboxylic acids is 2. The molecular weight excluding hydrogens is 298 g/mol. The van der Waals surface area contributed by atoms with Crippen molar-refractivity contribution in [1.29, 1.82) is 0 Å². The number of hydrogen-bond donors (Lipinski definition) is 1. The molecule has 1 aromatic carbocycles. The molecule has 3 rings (SSSR count). The van der Waals surface area contributed by atoms with E-state index in [4.69, 9.17) is 4.74 Å². The number of carbonyl (C=O) groups is 2. The third kappa shape index (κ3) is 3.26. The number of Topliss-reactive ketones (excluding diaryl/α,β-unsaturated/α-hetero) is 1. The maximum absolute atomic E-state index is 12.4. The number of nitrogens with zero attached hydrogens (tertiary/aromatic N) is 4. The summed E-state index contributed by atoms with van der Waals surface area (Å²) in [6, 6.07) is 5.14. The van der Waals surface area contributed by atoms with Crippen LogP contribution in [0, 0.1) is 0 Å². The van der Waals surface area contributed by atoms with Gasteiger partial charge in [-0.05, 0) is 41.0 Å². The number of rotatable bonds is 5. The van der Waals surface area contributed by atoms with Crippen LogP contribution in [0.5, 0.6) is 0 Å². The van der Waals surface area contributed by atoms with Crippen molar-refractivity contribution in [3.05, 3.63) is 34.9 Å². The lowest BCUT2D eigenvalue weighted by Gasteiger charge is -2.15. The Labute approximate surface area is 132 Å². The molecule has 120 valence electrons. The molecular formula is C15H17N5O3. The molecule has 2 aromatic rings. The van der Waals surface area contributed by atoms with Gasteiger partial charge in [-0.1, -0.05) is 11.2 Å². The Balaban J connectivity index is 1.76. The fourth-order valence-corrected chi connectivity index (χ4v) is 2.58. The number of fused-ring (bicyclic) bond motifs is 1. The van der Waals surface area contributed by atoms with Crippen LogP contribution in [0.25, 0.3) is 0 Å². The minimum Gasteiger partial charge on any atom is -0.383 e. The van der Waals surface area contributed by atoms with Crippen LogP contribution in [-0.2, 0) is 17.7 Å². The molecule has 23 heavy (non-hydrogen) atoms. The molecule has 0 radical (unpaired) electrons.